The number of amides is 2. The number of carbonyl (C=O) groups is 2. The molecule has 0 aliphatic carbocycles. The molecule has 0 bridgehead atoms. The number of carbonyl (C=O) groups excluding carboxylic acids is 2. The predicted octanol–water partition coefficient (Wildman–Crippen LogP) is 5.05. The van der Waals surface area contributed by atoms with Gasteiger partial charge in [-0.1, -0.05) is 79.2 Å². The summed E-state index contributed by atoms with van der Waals surface area (Å²) in [4.78, 5) is 33.7. The molecule has 218 valence electrons. The topological polar surface area (TPSA) is 108 Å². The second kappa shape index (κ2) is 14.7. The molecule has 8 nitrogen and oxygen atoms in total. The maximum atomic E-state index is 13.9. The van der Waals surface area contributed by atoms with Crippen LogP contribution in [0.25, 0.3) is 0 Å². The Morgan fingerprint density at radius 2 is 1.55 bits per heavy atom. The number of aryl methyl sites for hydroxylation is 1. The molecule has 2 amide bonds. The summed E-state index contributed by atoms with van der Waals surface area (Å²) in [5, 5.41) is 3.53. The smallest absolute Gasteiger partial charge is 0.247 e. The summed E-state index contributed by atoms with van der Waals surface area (Å²) >= 11 is 6.10. The van der Waals surface area contributed by atoms with Gasteiger partial charge in [0.05, 0.1) is 17.1 Å². The Balaban J connectivity index is 1.59. The zero-order chi connectivity index (χ0) is 30.0. The Bertz CT molecular complexity index is 1570. The van der Waals surface area contributed by atoms with Gasteiger partial charge < -0.3 is 10.2 Å². The van der Waals surface area contributed by atoms with Crippen molar-refractivity contribution in [1.82, 2.24) is 19.9 Å². The van der Waals surface area contributed by atoms with Crippen LogP contribution in [0.15, 0.2) is 108 Å². The number of hydrogen-bond donors (Lipinski definition) is 2. The van der Waals surface area contributed by atoms with Crippen molar-refractivity contribution < 1.29 is 18.0 Å². The number of aromatic nitrogens is 1. The van der Waals surface area contributed by atoms with Gasteiger partial charge in [0.2, 0.25) is 21.8 Å². The Hall–Kier alpha value is -4.05. The molecule has 1 heterocycles. The Morgan fingerprint density at radius 1 is 0.881 bits per heavy atom. The van der Waals surface area contributed by atoms with Crippen molar-refractivity contribution in [2.75, 3.05) is 6.54 Å². The first-order valence-electron chi connectivity index (χ1n) is 13.6. The minimum atomic E-state index is -3.57. The van der Waals surface area contributed by atoms with E-state index >= 15 is 0 Å². The van der Waals surface area contributed by atoms with Gasteiger partial charge in [0.1, 0.15) is 6.04 Å². The van der Waals surface area contributed by atoms with Crippen LogP contribution in [0.5, 0.6) is 0 Å². The maximum absolute atomic E-state index is 13.9. The number of nitrogens with zero attached hydrogens (tertiary/aromatic N) is 2. The molecule has 0 radical (unpaired) electrons. The van der Waals surface area contributed by atoms with E-state index in [4.69, 9.17) is 11.6 Å². The molecular formula is C32H33ClN4O4S. The van der Waals surface area contributed by atoms with Gasteiger partial charge in [0.25, 0.3) is 0 Å². The predicted molar refractivity (Wildman–Crippen MR) is 163 cm³/mol. The van der Waals surface area contributed by atoms with Crippen molar-refractivity contribution in [3.63, 3.8) is 0 Å². The fourth-order valence-corrected chi connectivity index (χ4v) is 5.67. The lowest BCUT2D eigenvalue weighted by Crippen LogP contribution is -2.43. The van der Waals surface area contributed by atoms with E-state index in [2.05, 4.69) is 15.0 Å². The quantitative estimate of drug-likeness (QED) is 0.222. The second-order valence-electron chi connectivity index (χ2n) is 9.65. The van der Waals surface area contributed by atoms with Crippen molar-refractivity contribution in [3.8, 4) is 0 Å². The van der Waals surface area contributed by atoms with Gasteiger partial charge in [-0.15, -0.1) is 0 Å². The van der Waals surface area contributed by atoms with Gasteiger partial charge in [0.15, 0.2) is 0 Å². The average molecular weight is 605 g/mol. The summed E-state index contributed by atoms with van der Waals surface area (Å²) in [5.41, 5.74) is 3.01. The molecule has 0 aliphatic rings. The van der Waals surface area contributed by atoms with Gasteiger partial charge in [-0.05, 0) is 59.5 Å². The first-order valence-corrected chi connectivity index (χ1v) is 15.5. The van der Waals surface area contributed by atoms with Crippen LogP contribution in [-0.4, -0.2) is 36.7 Å². The highest BCUT2D eigenvalue weighted by Crippen LogP contribution is 2.26. The third kappa shape index (κ3) is 8.48. The lowest BCUT2D eigenvalue weighted by Gasteiger charge is -2.32. The molecule has 0 fully saturated rings. The molecule has 0 saturated carbocycles. The molecule has 0 aliphatic heterocycles. The standard InChI is InChI=1S/C32H33ClN4O4S/c1-2-36-42(40,41)29-18-13-24(14-19-29)15-20-30(38)37(23-25-11-16-27(33)17-12-25)31(26-8-4-3-5-9-26)32(39)35-22-28-10-6-7-21-34-28/h3-14,16-19,21,31,36H,2,15,20,22-23H2,1H3,(H,35,39)/t31-/m0/s1. The van der Waals surface area contributed by atoms with Gasteiger partial charge >= 0.3 is 0 Å². The number of benzene rings is 3. The van der Waals surface area contributed by atoms with Gasteiger partial charge in [-0.3, -0.25) is 14.6 Å². The second-order valence-corrected chi connectivity index (χ2v) is 11.8. The van der Waals surface area contributed by atoms with Gasteiger partial charge in [-0.2, -0.15) is 0 Å². The molecule has 0 saturated heterocycles. The van der Waals surface area contributed by atoms with Crippen LogP contribution in [0.2, 0.25) is 5.02 Å². The highest BCUT2D eigenvalue weighted by molar-refractivity contribution is 7.89. The minimum absolute atomic E-state index is 0.115. The van der Waals surface area contributed by atoms with Crippen LogP contribution >= 0.6 is 11.6 Å². The molecular weight excluding hydrogens is 572 g/mol. The van der Waals surface area contributed by atoms with E-state index in [0.717, 1.165) is 11.1 Å². The lowest BCUT2D eigenvalue weighted by molar-refractivity contribution is -0.141. The first-order chi connectivity index (χ1) is 20.3. The zero-order valence-electron chi connectivity index (χ0n) is 23.2. The summed E-state index contributed by atoms with van der Waals surface area (Å²) in [7, 11) is -3.57. The Kier molecular flexibility index (Phi) is 10.8. The van der Waals surface area contributed by atoms with E-state index in [1.165, 1.54) is 12.1 Å². The maximum Gasteiger partial charge on any atom is 0.247 e. The van der Waals surface area contributed by atoms with Gasteiger partial charge in [-0.25, -0.2) is 13.1 Å². The van der Waals surface area contributed by atoms with Crippen molar-refractivity contribution >= 4 is 33.4 Å². The molecule has 0 spiro atoms. The number of hydrogen-bond acceptors (Lipinski definition) is 5. The van der Waals surface area contributed by atoms with Crippen LogP contribution in [-0.2, 0) is 39.1 Å². The first kappa shape index (κ1) is 30.9. The highest BCUT2D eigenvalue weighted by atomic mass is 35.5. The Morgan fingerprint density at radius 3 is 2.19 bits per heavy atom. The molecule has 3 aromatic carbocycles. The molecule has 4 rings (SSSR count). The summed E-state index contributed by atoms with van der Waals surface area (Å²) in [6, 6.07) is 27.4. The van der Waals surface area contributed by atoms with Crippen LogP contribution < -0.4 is 10.0 Å². The third-order valence-electron chi connectivity index (χ3n) is 6.63. The van der Waals surface area contributed by atoms with E-state index in [1.54, 1.807) is 48.4 Å². The van der Waals surface area contributed by atoms with Crippen molar-refractivity contribution in [2.45, 2.75) is 43.8 Å². The fourth-order valence-electron chi connectivity index (χ4n) is 4.50. The third-order valence-corrected chi connectivity index (χ3v) is 8.44. The minimum Gasteiger partial charge on any atom is -0.348 e. The normalized spacial score (nSPS) is 12.0. The summed E-state index contributed by atoms with van der Waals surface area (Å²) in [5.74, 6) is -0.553. The monoisotopic (exact) mass is 604 g/mol. The van der Waals surface area contributed by atoms with E-state index in [0.29, 0.717) is 29.2 Å². The van der Waals surface area contributed by atoms with E-state index in [9.17, 15) is 18.0 Å². The van der Waals surface area contributed by atoms with E-state index in [1.807, 2.05) is 54.6 Å². The summed E-state index contributed by atoms with van der Waals surface area (Å²) in [6.45, 7) is 2.41. The van der Waals surface area contributed by atoms with Crippen molar-refractivity contribution in [2.24, 2.45) is 0 Å². The molecule has 1 aromatic heterocycles. The largest absolute Gasteiger partial charge is 0.348 e. The van der Waals surface area contributed by atoms with Crippen LogP contribution in [0.3, 0.4) is 0 Å². The average Bonchev–Trinajstić information content (AvgIpc) is 3.01. The van der Waals surface area contributed by atoms with Gasteiger partial charge in [0, 0.05) is 30.7 Å². The highest BCUT2D eigenvalue weighted by Gasteiger charge is 2.31. The molecule has 42 heavy (non-hydrogen) atoms. The summed E-state index contributed by atoms with van der Waals surface area (Å²) < 4.78 is 27.0. The summed E-state index contributed by atoms with van der Waals surface area (Å²) in [6.07, 6.45) is 2.15. The number of halogens is 1. The molecule has 4 aromatic rings. The molecule has 2 N–H and O–H groups in total. The molecule has 10 heteroatoms. The number of pyridine rings is 1. The Labute approximate surface area is 251 Å². The number of nitrogens with one attached hydrogen (secondary N) is 2. The SMILES string of the molecule is CCNS(=O)(=O)c1ccc(CCC(=O)N(Cc2ccc(Cl)cc2)[C@H](C(=O)NCc2ccccn2)c2ccccc2)cc1. The number of rotatable bonds is 13. The van der Waals surface area contributed by atoms with Crippen LogP contribution in [0.1, 0.15) is 41.8 Å². The van der Waals surface area contributed by atoms with Crippen molar-refractivity contribution in [3.05, 3.63) is 131 Å². The fraction of sp³-hybridized carbons (Fsp3) is 0.219. The van der Waals surface area contributed by atoms with E-state index < -0.39 is 16.1 Å². The van der Waals surface area contributed by atoms with Crippen LogP contribution in [0, 0.1) is 0 Å². The number of sulfonamides is 1. The lowest BCUT2D eigenvalue weighted by atomic mass is 10.0. The van der Waals surface area contributed by atoms with Crippen LogP contribution in [0.4, 0.5) is 0 Å². The van der Waals surface area contributed by atoms with E-state index in [-0.39, 0.29) is 36.2 Å². The van der Waals surface area contributed by atoms with Crippen molar-refractivity contribution in [1.29, 1.82) is 0 Å². The molecule has 1 atom stereocenters. The molecule has 0 unspecified atom stereocenters. The zero-order valence-corrected chi connectivity index (χ0v) is 24.8.